The van der Waals surface area contributed by atoms with Crippen LogP contribution in [0.5, 0.6) is 17.6 Å². The number of halogens is 7. The number of hydrogen-bond acceptors (Lipinski definition) is 13. The van der Waals surface area contributed by atoms with E-state index in [1.165, 1.54) is 54.2 Å². The van der Waals surface area contributed by atoms with Crippen LogP contribution in [0.4, 0.5) is 26.3 Å². The Morgan fingerprint density at radius 2 is 1.77 bits per heavy atom. The van der Waals surface area contributed by atoms with Gasteiger partial charge in [-0.05, 0) is 71.5 Å². The van der Waals surface area contributed by atoms with Crippen LogP contribution in [-0.2, 0) is 40.3 Å². The third kappa shape index (κ3) is 13.6. The molecule has 1 aliphatic rings. The van der Waals surface area contributed by atoms with Gasteiger partial charge in [-0.15, -0.1) is 11.3 Å². The monoisotopic (exact) mass is 1000 g/mol. The van der Waals surface area contributed by atoms with Gasteiger partial charge in [0.05, 0.1) is 30.5 Å². The van der Waals surface area contributed by atoms with Gasteiger partial charge in [0.15, 0.2) is 0 Å². The van der Waals surface area contributed by atoms with Crippen LogP contribution in [0.1, 0.15) is 54.1 Å². The zero-order chi connectivity index (χ0) is 49.3. The molecule has 0 saturated carbocycles. The number of carboxylic acid groups (broad SMARTS) is 1. The van der Waals surface area contributed by atoms with Crippen molar-refractivity contribution in [1.82, 2.24) is 30.2 Å². The average Bonchev–Trinajstić information content (AvgIpc) is 3.69. The third-order valence-corrected chi connectivity index (χ3v) is 12.8. The van der Waals surface area contributed by atoms with E-state index < -0.39 is 49.0 Å². The molecule has 1 saturated heterocycles. The lowest BCUT2D eigenvalue weighted by Gasteiger charge is -2.31. The van der Waals surface area contributed by atoms with Gasteiger partial charge in [0.1, 0.15) is 35.9 Å². The zero-order valence-corrected chi connectivity index (χ0v) is 39.0. The number of aromatic nitrogens is 4. The maximum Gasteiger partial charge on any atom is 0.392 e. The summed E-state index contributed by atoms with van der Waals surface area (Å²) in [5.41, 5.74) is 4.37. The van der Waals surface area contributed by atoms with Crippen molar-refractivity contribution >= 4 is 45.1 Å². The number of thiophene rings is 1. The van der Waals surface area contributed by atoms with E-state index in [1.807, 2.05) is 24.0 Å². The molecule has 366 valence electrons. The molecule has 0 spiro atoms. The van der Waals surface area contributed by atoms with E-state index in [0.29, 0.717) is 86.2 Å². The minimum atomic E-state index is -4.43. The van der Waals surface area contributed by atoms with Crippen molar-refractivity contribution in [2.45, 2.75) is 77.3 Å². The molecule has 69 heavy (non-hydrogen) atoms. The molecule has 3 aromatic heterocycles. The molecule has 7 rings (SSSR count). The van der Waals surface area contributed by atoms with Crippen molar-refractivity contribution in [1.29, 1.82) is 0 Å². The molecular formula is C48H47ClF6N6O7S. The second-order valence-corrected chi connectivity index (χ2v) is 17.5. The number of esters is 1. The number of rotatable bonds is 21. The molecule has 13 nitrogen and oxygen atoms in total. The number of benzene rings is 3. The molecule has 4 heterocycles. The molecule has 1 fully saturated rings. The van der Waals surface area contributed by atoms with Crippen molar-refractivity contribution in [3.05, 3.63) is 112 Å². The topological polar surface area (TPSA) is 158 Å². The summed E-state index contributed by atoms with van der Waals surface area (Å²) in [6.45, 7) is 4.76. The van der Waals surface area contributed by atoms with Gasteiger partial charge in [0.25, 0.3) is 5.92 Å². The van der Waals surface area contributed by atoms with Crippen LogP contribution in [0.25, 0.3) is 31.8 Å². The van der Waals surface area contributed by atoms with E-state index in [-0.39, 0.29) is 62.2 Å². The standard InChI is InChI=1S/C48H47ClF6N6O7S/c1-3-65-45(64)37(24-32-22-29(23-38(62)63)4-11-36(32)67-26-34-12-16-57-46(60-34)66-21-15-48(53,54)55)68-43-40-39(42(69-44(40)59-27-58-43)30-5-8-33(50)9-6-30)35-10-7-31(41(49)28(35)2)25-56-17-20-61-18-13-47(51,52)14-19-61/h4-12,16,22,27,37,56H,3,13-15,17-21,23-26H2,1-2H3,(H,62,63)/t37-/m1/s1. The second-order valence-electron chi connectivity index (χ2n) is 16.2. The number of carbonyl (C=O) groups is 2. The third-order valence-electron chi connectivity index (χ3n) is 11.2. The van der Waals surface area contributed by atoms with Crippen LogP contribution in [0.3, 0.4) is 0 Å². The van der Waals surface area contributed by atoms with Crippen molar-refractivity contribution in [3.63, 3.8) is 0 Å². The number of fused-ring (bicyclic) bond motifs is 1. The molecule has 2 N–H and O–H groups in total. The minimum absolute atomic E-state index is 0.00222. The quantitative estimate of drug-likeness (QED) is 0.0399. The number of nitrogens with one attached hydrogen (secondary N) is 1. The highest BCUT2D eigenvalue weighted by molar-refractivity contribution is 7.22. The smallest absolute Gasteiger partial charge is 0.392 e. The van der Waals surface area contributed by atoms with Crippen LogP contribution >= 0.6 is 22.9 Å². The fourth-order valence-electron chi connectivity index (χ4n) is 7.67. The van der Waals surface area contributed by atoms with Gasteiger partial charge < -0.3 is 34.3 Å². The number of nitrogens with zero attached hydrogens (tertiary/aromatic N) is 5. The minimum Gasteiger partial charge on any atom is -0.487 e. The number of carbonyl (C=O) groups excluding carboxylic acids is 1. The Labute approximate surface area is 401 Å². The van der Waals surface area contributed by atoms with Crippen molar-refractivity contribution < 1.29 is 60.0 Å². The van der Waals surface area contributed by atoms with E-state index in [0.717, 1.165) is 5.56 Å². The van der Waals surface area contributed by atoms with Gasteiger partial charge in [-0.3, -0.25) is 4.79 Å². The lowest BCUT2D eigenvalue weighted by Crippen LogP contribution is -2.42. The molecule has 1 atom stereocenters. The largest absolute Gasteiger partial charge is 0.487 e. The molecule has 6 aromatic rings. The second kappa shape index (κ2) is 22.6. The van der Waals surface area contributed by atoms with Gasteiger partial charge >= 0.3 is 24.1 Å². The molecule has 0 amide bonds. The molecule has 0 bridgehead atoms. The van der Waals surface area contributed by atoms with Gasteiger partial charge in [-0.1, -0.05) is 48.0 Å². The first-order chi connectivity index (χ1) is 33.0. The van der Waals surface area contributed by atoms with Crippen molar-refractivity contribution in [2.24, 2.45) is 0 Å². The van der Waals surface area contributed by atoms with E-state index in [1.54, 1.807) is 25.1 Å². The Bertz CT molecular complexity index is 2750. The van der Waals surface area contributed by atoms with Gasteiger partial charge in [-0.25, -0.2) is 32.9 Å². The van der Waals surface area contributed by atoms with Crippen LogP contribution in [0.15, 0.2) is 73.2 Å². The molecule has 0 aliphatic carbocycles. The van der Waals surface area contributed by atoms with E-state index >= 15 is 0 Å². The first-order valence-electron chi connectivity index (χ1n) is 21.9. The highest BCUT2D eigenvalue weighted by Crippen LogP contribution is 2.49. The number of alkyl halides is 5. The van der Waals surface area contributed by atoms with E-state index in [9.17, 15) is 41.0 Å². The number of hydrogen-bond donors (Lipinski definition) is 2. The Morgan fingerprint density at radius 1 is 1.00 bits per heavy atom. The predicted molar refractivity (Wildman–Crippen MR) is 245 cm³/mol. The Morgan fingerprint density at radius 3 is 2.49 bits per heavy atom. The van der Waals surface area contributed by atoms with Gasteiger partial charge in [0.2, 0.25) is 12.0 Å². The lowest BCUT2D eigenvalue weighted by atomic mass is 9.94. The maximum atomic E-state index is 14.3. The summed E-state index contributed by atoms with van der Waals surface area (Å²) in [7, 11) is 0. The molecule has 0 radical (unpaired) electrons. The summed E-state index contributed by atoms with van der Waals surface area (Å²) < 4.78 is 103. The van der Waals surface area contributed by atoms with Crippen LogP contribution in [-0.4, -0.2) is 99.5 Å². The Kier molecular flexibility index (Phi) is 16.6. The first-order valence-corrected chi connectivity index (χ1v) is 23.1. The SMILES string of the molecule is CCOC(=O)[C@@H](Cc1cc(CC(=O)O)ccc1OCc1ccnc(OCCC(F)(F)F)n1)Oc1ncnc2sc(-c3ccc(F)cc3)c(-c3ccc(CNCCN4CCC(F)(F)CC4)c(Cl)c3C)c12. The number of likely N-dealkylation sites (tertiary alicyclic amines) is 1. The highest BCUT2D eigenvalue weighted by Gasteiger charge is 2.34. The molecule has 0 unspecified atom stereocenters. The summed E-state index contributed by atoms with van der Waals surface area (Å²) in [6, 6.07) is 15.5. The Balaban J connectivity index is 1.20. The number of piperidine rings is 1. The molecular weight excluding hydrogens is 954 g/mol. The highest BCUT2D eigenvalue weighted by atomic mass is 35.5. The molecule has 21 heteroatoms. The fourth-order valence-corrected chi connectivity index (χ4v) is 9.05. The van der Waals surface area contributed by atoms with Crippen molar-refractivity contribution in [2.75, 3.05) is 39.4 Å². The fraction of sp³-hybridized carbons (Fsp3) is 0.375. The summed E-state index contributed by atoms with van der Waals surface area (Å²) in [5.74, 6) is -4.75. The number of ether oxygens (including phenoxy) is 4. The summed E-state index contributed by atoms with van der Waals surface area (Å²) >= 11 is 8.39. The van der Waals surface area contributed by atoms with Gasteiger partial charge in [-0.2, -0.15) is 18.2 Å². The van der Waals surface area contributed by atoms with Crippen LogP contribution in [0, 0.1) is 12.7 Å². The lowest BCUT2D eigenvalue weighted by molar-refractivity contribution is -0.151. The summed E-state index contributed by atoms with van der Waals surface area (Å²) in [5, 5.41) is 13.9. The van der Waals surface area contributed by atoms with Crippen molar-refractivity contribution in [3.8, 4) is 39.2 Å². The number of aliphatic carboxylic acids is 1. The normalized spacial score (nSPS) is 14.4. The van der Waals surface area contributed by atoms with Crippen LogP contribution in [0.2, 0.25) is 5.02 Å². The Hall–Kier alpha value is -6.09. The average molecular weight is 1000 g/mol. The molecule has 1 aliphatic heterocycles. The van der Waals surface area contributed by atoms with E-state index in [4.69, 9.17) is 30.5 Å². The maximum absolute atomic E-state index is 14.3. The van der Waals surface area contributed by atoms with Gasteiger partial charge in [0, 0.05) is 73.6 Å². The first kappa shape index (κ1) is 50.8. The zero-order valence-electron chi connectivity index (χ0n) is 37.4. The summed E-state index contributed by atoms with van der Waals surface area (Å²) in [6.07, 6.45) is -5.36. The van der Waals surface area contributed by atoms with E-state index in [2.05, 4.69) is 25.3 Å². The van der Waals surface area contributed by atoms with Crippen LogP contribution < -0.4 is 19.5 Å². The number of carboxylic acids is 1. The summed E-state index contributed by atoms with van der Waals surface area (Å²) in [4.78, 5) is 45.9. The predicted octanol–water partition coefficient (Wildman–Crippen LogP) is 9.83. The molecule has 3 aromatic carbocycles.